The van der Waals surface area contributed by atoms with Crippen molar-refractivity contribution in [1.29, 1.82) is 0 Å². The van der Waals surface area contributed by atoms with Gasteiger partial charge in [-0.25, -0.2) is 15.5 Å². The van der Waals surface area contributed by atoms with Crippen LogP contribution in [0.15, 0.2) is 67.0 Å². The van der Waals surface area contributed by atoms with Gasteiger partial charge in [0.1, 0.15) is 6.04 Å². The van der Waals surface area contributed by atoms with E-state index in [0.717, 1.165) is 11.3 Å². The molecule has 3 aromatic rings. The second kappa shape index (κ2) is 8.44. The average molecular weight is 411 g/mol. The molecule has 0 radical (unpaired) electrons. The molecule has 2 aromatic carbocycles. The van der Waals surface area contributed by atoms with Gasteiger partial charge in [0.25, 0.3) is 11.8 Å². The first-order chi connectivity index (χ1) is 14.1. The molecule has 0 bridgehead atoms. The summed E-state index contributed by atoms with van der Waals surface area (Å²) in [7, 11) is 0. The third-order valence-corrected chi connectivity index (χ3v) is 4.91. The Balaban J connectivity index is 1.31. The van der Waals surface area contributed by atoms with E-state index in [9.17, 15) is 9.59 Å². The monoisotopic (exact) mass is 410 g/mol. The number of aromatic nitrogens is 2. The Bertz CT molecular complexity index is 1010. The van der Waals surface area contributed by atoms with Gasteiger partial charge in [0.15, 0.2) is 0 Å². The Morgan fingerprint density at radius 3 is 2.55 bits per heavy atom. The topological polar surface area (TPSA) is 100 Å². The van der Waals surface area contributed by atoms with E-state index in [0.29, 0.717) is 17.0 Å². The quantitative estimate of drug-likeness (QED) is 0.492. The number of benzene rings is 2. The molecule has 2 atom stereocenters. The molecular formula is C20H19ClN6O2. The number of carbonyl (C=O) groups is 2. The van der Waals surface area contributed by atoms with Crippen molar-refractivity contribution in [1.82, 2.24) is 31.5 Å². The fourth-order valence-corrected chi connectivity index (χ4v) is 3.21. The molecule has 0 aliphatic carbocycles. The maximum absolute atomic E-state index is 12.4. The first kappa shape index (κ1) is 19.1. The van der Waals surface area contributed by atoms with Crippen LogP contribution in [0.3, 0.4) is 0 Å². The molecule has 1 aliphatic rings. The smallest absolute Gasteiger partial charge is 0.271 e. The van der Waals surface area contributed by atoms with Crippen molar-refractivity contribution < 1.29 is 9.59 Å². The van der Waals surface area contributed by atoms with E-state index in [2.05, 4.69) is 26.8 Å². The average Bonchev–Trinajstić information content (AvgIpc) is 3.43. The minimum Gasteiger partial charge on any atom is -0.271 e. The lowest BCUT2D eigenvalue weighted by Crippen LogP contribution is -2.50. The molecule has 148 valence electrons. The van der Waals surface area contributed by atoms with E-state index in [4.69, 9.17) is 11.6 Å². The first-order valence-electron chi connectivity index (χ1n) is 9.07. The molecule has 0 spiro atoms. The van der Waals surface area contributed by atoms with Gasteiger partial charge in [-0.1, -0.05) is 41.9 Å². The third kappa shape index (κ3) is 4.45. The predicted molar refractivity (Wildman–Crippen MR) is 108 cm³/mol. The largest absolute Gasteiger partial charge is 0.272 e. The highest BCUT2D eigenvalue weighted by molar-refractivity contribution is 6.30. The zero-order valence-electron chi connectivity index (χ0n) is 15.3. The van der Waals surface area contributed by atoms with Crippen LogP contribution in [-0.2, 0) is 4.79 Å². The summed E-state index contributed by atoms with van der Waals surface area (Å²) in [4.78, 5) is 24.7. The van der Waals surface area contributed by atoms with Crippen LogP contribution >= 0.6 is 11.6 Å². The predicted octanol–water partition coefficient (Wildman–Crippen LogP) is 1.89. The number of carbonyl (C=O) groups excluding carboxylic acids is 2. The van der Waals surface area contributed by atoms with Gasteiger partial charge < -0.3 is 0 Å². The lowest BCUT2D eigenvalue weighted by Gasteiger charge is -2.11. The van der Waals surface area contributed by atoms with Crippen LogP contribution in [0.2, 0.25) is 5.02 Å². The number of hydrogen-bond acceptors (Lipinski definition) is 5. The number of nitrogens with zero attached hydrogens (tertiary/aromatic N) is 2. The molecule has 2 heterocycles. The summed E-state index contributed by atoms with van der Waals surface area (Å²) in [5.74, 6) is -0.779. The SMILES string of the molecule is O=C(NNC(=O)C1CC(c2ccccc2)NN1)c1cnn(-c2ccc(Cl)cc2)c1. The lowest BCUT2D eigenvalue weighted by molar-refractivity contribution is -0.123. The maximum atomic E-state index is 12.4. The first-order valence-corrected chi connectivity index (χ1v) is 9.45. The van der Waals surface area contributed by atoms with Crippen LogP contribution in [0, 0.1) is 0 Å². The van der Waals surface area contributed by atoms with Gasteiger partial charge in [0.05, 0.1) is 17.4 Å². The summed E-state index contributed by atoms with van der Waals surface area (Å²) >= 11 is 5.88. The van der Waals surface area contributed by atoms with E-state index in [1.165, 1.54) is 6.20 Å². The van der Waals surface area contributed by atoms with Crippen molar-refractivity contribution in [2.45, 2.75) is 18.5 Å². The Hall–Kier alpha value is -3.20. The molecule has 9 heteroatoms. The van der Waals surface area contributed by atoms with Crippen molar-refractivity contribution in [2.75, 3.05) is 0 Å². The number of halogens is 1. The van der Waals surface area contributed by atoms with Crippen LogP contribution in [0.4, 0.5) is 0 Å². The summed E-state index contributed by atoms with van der Waals surface area (Å²) < 4.78 is 1.56. The molecule has 0 saturated carbocycles. The molecule has 1 aromatic heterocycles. The molecular weight excluding hydrogens is 392 g/mol. The number of hydrogen-bond donors (Lipinski definition) is 4. The summed E-state index contributed by atoms with van der Waals surface area (Å²) in [6.07, 6.45) is 3.57. The maximum Gasteiger partial charge on any atom is 0.272 e. The number of rotatable bonds is 4. The minimum absolute atomic E-state index is 0.0280. The van der Waals surface area contributed by atoms with Crippen LogP contribution < -0.4 is 21.7 Å². The van der Waals surface area contributed by atoms with Crippen LogP contribution in [0.25, 0.3) is 5.69 Å². The van der Waals surface area contributed by atoms with Gasteiger partial charge in [0, 0.05) is 17.3 Å². The molecule has 2 unspecified atom stereocenters. The fourth-order valence-electron chi connectivity index (χ4n) is 3.08. The second-order valence-electron chi connectivity index (χ2n) is 6.63. The van der Waals surface area contributed by atoms with E-state index < -0.39 is 11.9 Å². The lowest BCUT2D eigenvalue weighted by atomic mass is 10.0. The second-order valence-corrected chi connectivity index (χ2v) is 7.07. The van der Waals surface area contributed by atoms with E-state index in [1.807, 2.05) is 30.3 Å². The van der Waals surface area contributed by atoms with Gasteiger partial charge in [-0.3, -0.25) is 20.4 Å². The third-order valence-electron chi connectivity index (χ3n) is 4.66. The van der Waals surface area contributed by atoms with Crippen LogP contribution in [0.5, 0.6) is 0 Å². The van der Waals surface area contributed by atoms with Crippen molar-refractivity contribution >= 4 is 23.4 Å². The minimum atomic E-state index is -0.461. The highest BCUT2D eigenvalue weighted by Gasteiger charge is 2.30. The molecule has 4 N–H and O–H groups in total. The Morgan fingerprint density at radius 2 is 1.79 bits per heavy atom. The fraction of sp³-hybridized carbons (Fsp3) is 0.150. The molecule has 1 fully saturated rings. The van der Waals surface area contributed by atoms with Crippen LogP contribution in [-0.4, -0.2) is 27.6 Å². The summed E-state index contributed by atoms with van der Waals surface area (Å²) in [6, 6.07) is 16.5. The Morgan fingerprint density at radius 1 is 1.03 bits per heavy atom. The van der Waals surface area contributed by atoms with E-state index in [1.54, 1.807) is 35.1 Å². The summed E-state index contributed by atoms with van der Waals surface area (Å²) in [5, 5.41) is 4.78. The Labute approximate surface area is 172 Å². The Kier molecular flexibility index (Phi) is 5.57. The van der Waals surface area contributed by atoms with Gasteiger partial charge in [-0.05, 0) is 36.2 Å². The molecule has 4 rings (SSSR count). The summed E-state index contributed by atoms with van der Waals surface area (Å²) in [5.41, 5.74) is 13.1. The van der Waals surface area contributed by atoms with Crippen molar-refractivity contribution in [2.24, 2.45) is 0 Å². The summed E-state index contributed by atoms with van der Waals surface area (Å²) in [6.45, 7) is 0. The highest BCUT2D eigenvalue weighted by atomic mass is 35.5. The molecule has 29 heavy (non-hydrogen) atoms. The van der Waals surface area contributed by atoms with Crippen molar-refractivity contribution in [3.05, 3.63) is 83.1 Å². The number of nitrogens with one attached hydrogen (secondary N) is 4. The molecule has 2 amide bonds. The van der Waals surface area contributed by atoms with Gasteiger partial charge in [-0.15, -0.1) is 0 Å². The number of amides is 2. The van der Waals surface area contributed by atoms with Crippen molar-refractivity contribution in [3.63, 3.8) is 0 Å². The molecule has 1 aliphatic heterocycles. The zero-order valence-corrected chi connectivity index (χ0v) is 16.1. The van der Waals surface area contributed by atoms with Crippen molar-refractivity contribution in [3.8, 4) is 5.69 Å². The molecule has 8 nitrogen and oxygen atoms in total. The number of hydrazine groups is 2. The molecule has 1 saturated heterocycles. The standard InChI is InChI=1S/C20H19ClN6O2/c21-15-6-8-16(9-7-15)27-12-14(11-22-27)19(28)25-26-20(29)18-10-17(23-24-18)13-4-2-1-3-5-13/h1-9,11-12,17-18,23-24H,10H2,(H,25,28)(H,26,29). The van der Waals surface area contributed by atoms with Gasteiger partial charge in [-0.2, -0.15) is 5.10 Å². The van der Waals surface area contributed by atoms with Gasteiger partial charge >= 0.3 is 0 Å². The van der Waals surface area contributed by atoms with E-state index >= 15 is 0 Å². The normalized spacial score (nSPS) is 18.4. The highest BCUT2D eigenvalue weighted by Crippen LogP contribution is 2.21. The van der Waals surface area contributed by atoms with E-state index in [-0.39, 0.29) is 11.9 Å². The van der Waals surface area contributed by atoms with Gasteiger partial charge in [0.2, 0.25) is 0 Å². The van der Waals surface area contributed by atoms with Crippen LogP contribution in [0.1, 0.15) is 28.4 Å². The zero-order chi connectivity index (χ0) is 20.2.